The zero-order valence-electron chi connectivity index (χ0n) is 17.7. The van der Waals surface area contributed by atoms with Crippen molar-refractivity contribution in [2.24, 2.45) is 5.92 Å². The quantitative estimate of drug-likeness (QED) is 0.585. The summed E-state index contributed by atoms with van der Waals surface area (Å²) in [7, 11) is -4.11. The molecule has 14 heteroatoms. The second-order valence-electron chi connectivity index (χ2n) is 8.23. The first-order valence-corrected chi connectivity index (χ1v) is 11.3. The van der Waals surface area contributed by atoms with E-state index in [0.717, 1.165) is 36.5 Å². The van der Waals surface area contributed by atoms with Gasteiger partial charge in [-0.05, 0) is 56.9 Å². The number of carbonyl (C=O) groups is 1. The Morgan fingerprint density at radius 1 is 1.09 bits per heavy atom. The summed E-state index contributed by atoms with van der Waals surface area (Å²) >= 11 is 0. The van der Waals surface area contributed by atoms with Gasteiger partial charge in [0.2, 0.25) is 5.82 Å². The highest BCUT2D eigenvalue weighted by atomic mass is 32.2. The van der Waals surface area contributed by atoms with Crippen LogP contribution in [0.25, 0.3) is 0 Å². The molecule has 0 bridgehead atoms. The van der Waals surface area contributed by atoms with E-state index in [1.165, 1.54) is 13.8 Å². The number of nitrogens with one attached hydrogen (secondary N) is 1. The summed E-state index contributed by atoms with van der Waals surface area (Å²) in [4.78, 5) is 18.2. The third-order valence-electron chi connectivity index (χ3n) is 5.64. The summed E-state index contributed by atoms with van der Waals surface area (Å²) in [6.07, 6.45) is -8.62. The molecule has 2 aromatic rings. The van der Waals surface area contributed by atoms with Crippen LogP contribution in [-0.2, 0) is 16.0 Å². The van der Waals surface area contributed by atoms with Gasteiger partial charge in [0.15, 0.2) is 9.84 Å². The molecular formula is C20H19F6N3O4S. The van der Waals surface area contributed by atoms with Crippen LogP contribution in [0.4, 0.5) is 26.3 Å². The topological polar surface area (TPSA) is 98.3 Å². The minimum absolute atomic E-state index is 0.188. The number of carbonyl (C=O) groups excluding carboxylic acids is 1. The number of hydrogen-bond acceptors (Lipinski definition) is 6. The number of aromatic nitrogens is 2. The standard InChI is InChI=1S/C20H19F6N3O4S/c1-18(2,34(31,32)14-5-3-4-13(10-14)33-20(24,25)26)11-8-12(9-11)28-16(30)15-6-7-27-17(29-15)19(21,22)23/h3-7,10-12H,8-9H2,1-2H3,(H,28,30)/t11-,12-. The lowest BCUT2D eigenvalue weighted by Crippen LogP contribution is -2.53. The monoisotopic (exact) mass is 511 g/mol. The van der Waals surface area contributed by atoms with Crippen LogP contribution >= 0.6 is 0 Å². The van der Waals surface area contributed by atoms with Crippen LogP contribution in [0.3, 0.4) is 0 Å². The Morgan fingerprint density at radius 3 is 2.32 bits per heavy atom. The molecule has 0 aliphatic heterocycles. The molecule has 186 valence electrons. The molecule has 1 aliphatic rings. The average Bonchev–Trinajstić information content (AvgIpc) is 2.68. The summed E-state index contributed by atoms with van der Waals surface area (Å²) in [5.74, 6) is -3.48. The second-order valence-corrected chi connectivity index (χ2v) is 10.8. The molecular weight excluding hydrogens is 492 g/mol. The van der Waals surface area contributed by atoms with Gasteiger partial charge in [-0.2, -0.15) is 13.2 Å². The Kier molecular flexibility index (Phi) is 6.59. The van der Waals surface area contributed by atoms with Crippen LogP contribution < -0.4 is 10.1 Å². The number of halogens is 6. The van der Waals surface area contributed by atoms with Crippen LogP contribution in [0.2, 0.25) is 0 Å². The molecule has 1 heterocycles. The Morgan fingerprint density at radius 2 is 1.74 bits per heavy atom. The highest BCUT2D eigenvalue weighted by Crippen LogP contribution is 2.44. The molecule has 1 fully saturated rings. The van der Waals surface area contributed by atoms with Gasteiger partial charge in [0.1, 0.15) is 11.4 Å². The highest BCUT2D eigenvalue weighted by Gasteiger charge is 2.49. The van der Waals surface area contributed by atoms with Gasteiger partial charge in [0, 0.05) is 12.2 Å². The Hall–Kier alpha value is -2.90. The molecule has 0 atom stereocenters. The fourth-order valence-corrected chi connectivity index (χ4v) is 5.31. The molecule has 1 aliphatic carbocycles. The summed E-state index contributed by atoms with van der Waals surface area (Å²) < 4.78 is 104. The first kappa shape index (κ1) is 25.7. The minimum Gasteiger partial charge on any atom is -0.406 e. The Balaban J connectivity index is 1.68. The average molecular weight is 511 g/mol. The van der Waals surface area contributed by atoms with E-state index in [4.69, 9.17) is 0 Å². The lowest BCUT2D eigenvalue weighted by atomic mass is 9.73. The number of amides is 1. The SMILES string of the molecule is CC(C)([C@H]1C[C@H](NC(=O)c2ccnc(C(F)(F)F)n2)C1)S(=O)(=O)c1cccc(OC(F)(F)F)c1. The van der Waals surface area contributed by atoms with Gasteiger partial charge < -0.3 is 10.1 Å². The number of ether oxygens (including phenoxy) is 1. The number of sulfone groups is 1. The van der Waals surface area contributed by atoms with E-state index in [1.54, 1.807) is 0 Å². The van der Waals surface area contributed by atoms with Crippen molar-refractivity contribution in [3.8, 4) is 5.75 Å². The van der Waals surface area contributed by atoms with Gasteiger partial charge in [-0.25, -0.2) is 18.4 Å². The van der Waals surface area contributed by atoms with Crippen molar-refractivity contribution in [2.75, 3.05) is 0 Å². The van der Waals surface area contributed by atoms with Gasteiger partial charge in [0.25, 0.3) is 5.91 Å². The summed E-state index contributed by atoms with van der Waals surface area (Å²) in [5.41, 5.74) is -0.487. The number of benzene rings is 1. The predicted octanol–water partition coefficient (Wildman–Crippen LogP) is 4.15. The zero-order chi connectivity index (χ0) is 25.5. The summed E-state index contributed by atoms with van der Waals surface area (Å²) in [5, 5.41) is 2.50. The van der Waals surface area contributed by atoms with Crippen LogP contribution in [0.15, 0.2) is 41.4 Å². The Labute approximate surface area is 190 Å². The maximum atomic E-state index is 13.1. The molecule has 1 saturated carbocycles. The molecule has 1 N–H and O–H groups in total. The first-order chi connectivity index (χ1) is 15.5. The van der Waals surface area contributed by atoms with Gasteiger partial charge in [-0.1, -0.05) is 6.07 Å². The third kappa shape index (κ3) is 5.42. The maximum absolute atomic E-state index is 13.1. The molecule has 7 nitrogen and oxygen atoms in total. The van der Waals surface area contributed by atoms with Crippen LogP contribution in [0.1, 0.15) is 43.0 Å². The van der Waals surface area contributed by atoms with E-state index in [2.05, 4.69) is 20.0 Å². The zero-order valence-corrected chi connectivity index (χ0v) is 18.6. The van der Waals surface area contributed by atoms with Gasteiger partial charge >= 0.3 is 12.5 Å². The molecule has 0 unspecified atom stereocenters. The van der Waals surface area contributed by atoms with Crippen molar-refractivity contribution in [2.45, 2.75) is 54.9 Å². The van der Waals surface area contributed by atoms with E-state index in [9.17, 15) is 39.6 Å². The summed E-state index contributed by atoms with van der Waals surface area (Å²) in [6.45, 7) is 2.84. The Bertz CT molecular complexity index is 1180. The van der Waals surface area contributed by atoms with Crippen LogP contribution in [0.5, 0.6) is 5.75 Å². The molecule has 3 rings (SSSR count). The molecule has 34 heavy (non-hydrogen) atoms. The van der Waals surface area contributed by atoms with Crippen molar-refractivity contribution in [1.82, 2.24) is 15.3 Å². The highest BCUT2D eigenvalue weighted by molar-refractivity contribution is 7.92. The number of nitrogens with zero attached hydrogens (tertiary/aromatic N) is 2. The number of alkyl halides is 6. The molecule has 0 radical (unpaired) electrons. The molecule has 0 spiro atoms. The molecule has 1 aromatic carbocycles. The summed E-state index contributed by atoms with van der Waals surface area (Å²) in [6, 6.07) is 4.56. The fraction of sp³-hybridized carbons (Fsp3) is 0.450. The molecule has 0 saturated heterocycles. The maximum Gasteiger partial charge on any atom is 0.573 e. The van der Waals surface area contributed by atoms with E-state index >= 15 is 0 Å². The van der Waals surface area contributed by atoms with Crippen molar-refractivity contribution in [3.63, 3.8) is 0 Å². The number of hydrogen-bond donors (Lipinski definition) is 1. The minimum atomic E-state index is -4.98. The third-order valence-corrected chi connectivity index (χ3v) is 8.23. The van der Waals surface area contributed by atoms with Crippen molar-refractivity contribution < 1.29 is 44.3 Å². The predicted molar refractivity (Wildman–Crippen MR) is 105 cm³/mol. The van der Waals surface area contributed by atoms with Gasteiger partial charge in [0.05, 0.1) is 9.64 Å². The smallest absolute Gasteiger partial charge is 0.406 e. The first-order valence-electron chi connectivity index (χ1n) is 9.82. The van der Waals surface area contributed by atoms with Crippen molar-refractivity contribution in [3.05, 3.63) is 48.0 Å². The van der Waals surface area contributed by atoms with E-state index < -0.39 is 62.3 Å². The van der Waals surface area contributed by atoms with Gasteiger partial charge in [-0.3, -0.25) is 4.79 Å². The van der Waals surface area contributed by atoms with E-state index in [-0.39, 0.29) is 17.7 Å². The fourth-order valence-electron chi connectivity index (χ4n) is 3.55. The van der Waals surface area contributed by atoms with E-state index in [1.807, 2.05) is 0 Å². The molecule has 1 amide bonds. The van der Waals surface area contributed by atoms with Gasteiger partial charge in [-0.15, -0.1) is 13.2 Å². The van der Waals surface area contributed by atoms with Crippen LogP contribution in [0, 0.1) is 5.92 Å². The lowest BCUT2D eigenvalue weighted by molar-refractivity contribution is -0.274. The normalized spacial score (nSPS) is 19.3. The number of rotatable bonds is 6. The van der Waals surface area contributed by atoms with Crippen LogP contribution in [-0.4, -0.2) is 41.4 Å². The molecule has 1 aromatic heterocycles. The lowest BCUT2D eigenvalue weighted by Gasteiger charge is -2.44. The van der Waals surface area contributed by atoms with E-state index in [0.29, 0.717) is 0 Å². The second kappa shape index (κ2) is 8.71. The largest absolute Gasteiger partial charge is 0.573 e. The van der Waals surface area contributed by atoms with Crippen molar-refractivity contribution in [1.29, 1.82) is 0 Å². The van der Waals surface area contributed by atoms with Crippen molar-refractivity contribution >= 4 is 15.7 Å².